The third-order valence-corrected chi connectivity index (χ3v) is 5.21. The summed E-state index contributed by atoms with van der Waals surface area (Å²) in [6.45, 7) is 3.85. The number of unbranched alkanes of at least 4 members (excludes halogenated alkanes) is 8. The summed E-state index contributed by atoms with van der Waals surface area (Å²) < 4.78 is 41.6. The molecule has 0 heterocycles. The average molecular weight is 397 g/mol. The van der Waals surface area contributed by atoms with Crippen LogP contribution < -0.4 is 0 Å². The van der Waals surface area contributed by atoms with Gasteiger partial charge in [0, 0.05) is 6.61 Å². The minimum Gasteiger partial charge on any atom is -0.394 e. The van der Waals surface area contributed by atoms with E-state index in [9.17, 15) is 8.42 Å². The highest BCUT2D eigenvalue weighted by Crippen LogP contribution is 2.17. The first-order chi connectivity index (χ1) is 12.5. The quantitative estimate of drug-likeness (QED) is 0.240. The smallest absolute Gasteiger partial charge is 0.264 e. The van der Waals surface area contributed by atoms with Crippen molar-refractivity contribution >= 4 is 10.1 Å². The lowest BCUT2D eigenvalue weighted by atomic mass is 9.98. The van der Waals surface area contributed by atoms with Gasteiger partial charge in [0.25, 0.3) is 10.1 Å². The molecule has 6 nitrogen and oxygen atoms in total. The third kappa shape index (κ3) is 20.1. The van der Waals surface area contributed by atoms with E-state index >= 15 is 0 Å². The van der Waals surface area contributed by atoms with Crippen LogP contribution in [0.25, 0.3) is 0 Å². The van der Waals surface area contributed by atoms with E-state index in [1.807, 2.05) is 0 Å². The van der Waals surface area contributed by atoms with Crippen molar-refractivity contribution in [2.45, 2.75) is 77.6 Å². The van der Waals surface area contributed by atoms with Crippen LogP contribution >= 0.6 is 0 Å². The van der Waals surface area contributed by atoms with E-state index < -0.39 is 10.1 Å². The molecule has 0 aliphatic carbocycles. The van der Waals surface area contributed by atoms with Crippen LogP contribution in [0, 0.1) is 5.92 Å². The molecule has 0 aromatic heterocycles. The molecule has 0 spiro atoms. The molecule has 0 bridgehead atoms. The van der Waals surface area contributed by atoms with E-state index in [-0.39, 0.29) is 18.3 Å². The van der Waals surface area contributed by atoms with Crippen LogP contribution in [-0.4, -0.2) is 56.9 Å². The summed E-state index contributed by atoms with van der Waals surface area (Å²) in [4.78, 5) is 0. The topological polar surface area (TPSA) is 93.1 Å². The molecule has 7 heteroatoms. The Hall–Kier alpha value is -0.210. The van der Waals surface area contributed by atoms with Crippen molar-refractivity contribution in [1.29, 1.82) is 0 Å². The summed E-state index contributed by atoms with van der Waals surface area (Å²) in [7, 11) is -3.92. The maximum absolute atomic E-state index is 11.0. The Morgan fingerprint density at radius 2 is 1.38 bits per heavy atom. The molecule has 1 unspecified atom stereocenters. The van der Waals surface area contributed by atoms with Crippen LogP contribution in [0.2, 0.25) is 0 Å². The van der Waals surface area contributed by atoms with E-state index in [1.54, 1.807) is 0 Å². The van der Waals surface area contributed by atoms with E-state index in [2.05, 4.69) is 6.92 Å². The van der Waals surface area contributed by atoms with Gasteiger partial charge in [0.15, 0.2) is 0 Å². The summed E-state index contributed by atoms with van der Waals surface area (Å²) in [6, 6.07) is 0. The fourth-order valence-corrected chi connectivity index (χ4v) is 3.54. The molecule has 0 aromatic carbocycles. The summed E-state index contributed by atoms with van der Waals surface area (Å²) in [5.41, 5.74) is 0. The Morgan fingerprint density at radius 1 is 0.808 bits per heavy atom. The van der Waals surface area contributed by atoms with E-state index in [0.717, 1.165) is 19.3 Å². The van der Waals surface area contributed by atoms with Crippen LogP contribution in [0.3, 0.4) is 0 Å². The molecule has 0 rings (SSSR count). The van der Waals surface area contributed by atoms with Gasteiger partial charge in [-0.3, -0.25) is 4.55 Å². The van der Waals surface area contributed by atoms with Crippen molar-refractivity contribution in [2.75, 3.05) is 38.8 Å². The normalized spacial score (nSPS) is 13.2. The zero-order valence-corrected chi connectivity index (χ0v) is 17.4. The standard InChI is InChI=1S/C19H40O6S/c1-2-3-4-5-6-7-8-9-10-11-19(12-17-26(21,22)23)18-25-16-15-24-14-13-20/h19-20H,2-18H2,1H3,(H,21,22,23). The maximum atomic E-state index is 11.0. The fourth-order valence-electron chi connectivity index (χ4n) is 2.90. The lowest BCUT2D eigenvalue weighted by Gasteiger charge is -2.16. The van der Waals surface area contributed by atoms with E-state index in [0.29, 0.717) is 32.8 Å². The van der Waals surface area contributed by atoms with Gasteiger partial charge in [-0.15, -0.1) is 0 Å². The monoisotopic (exact) mass is 396 g/mol. The van der Waals surface area contributed by atoms with Gasteiger partial charge in [0.1, 0.15) is 0 Å². The van der Waals surface area contributed by atoms with Crippen LogP contribution in [0.15, 0.2) is 0 Å². The first kappa shape index (κ1) is 25.8. The highest BCUT2D eigenvalue weighted by atomic mass is 32.2. The first-order valence-corrected chi connectivity index (χ1v) is 11.8. The van der Waals surface area contributed by atoms with E-state index in [1.165, 1.54) is 44.9 Å². The van der Waals surface area contributed by atoms with Crippen molar-refractivity contribution in [2.24, 2.45) is 5.92 Å². The number of aliphatic hydroxyl groups is 1. The zero-order chi connectivity index (χ0) is 19.5. The number of aliphatic hydroxyl groups excluding tert-OH is 1. The lowest BCUT2D eigenvalue weighted by molar-refractivity contribution is 0.0204. The lowest BCUT2D eigenvalue weighted by Crippen LogP contribution is -2.17. The van der Waals surface area contributed by atoms with Gasteiger partial charge in [-0.1, -0.05) is 64.7 Å². The molecule has 0 aliphatic heterocycles. The van der Waals surface area contributed by atoms with Crippen LogP contribution in [0.1, 0.15) is 77.6 Å². The second-order valence-electron chi connectivity index (χ2n) is 6.97. The minimum atomic E-state index is -3.92. The van der Waals surface area contributed by atoms with Gasteiger partial charge < -0.3 is 14.6 Å². The summed E-state index contributed by atoms with van der Waals surface area (Å²) >= 11 is 0. The summed E-state index contributed by atoms with van der Waals surface area (Å²) in [5.74, 6) is -0.0706. The zero-order valence-electron chi connectivity index (χ0n) is 16.5. The first-order valence-electron chi connectivity index (χ1n) is 10.2. The predicted molar refractivity (Wildman–Crippen MR) is 105 cm³/mol. The molecule has 0 aromatic rings. The molecule has 26 heavy (non-hydrogen) atoms. The molecule has 0 saturated heterocycles. The van der Waals surface area contributed by atoms with Crippen molar-refractivity contribution < 1.29 is 27.6 Å². The second kappa shape index (κ2) is 18.2. The van der Waals surface area contributed by atoms with Gasteiger partial charge in [0.05, 0.1) is 32.2 Å². The Labute approximate surface area is 160 Å². The predicted octanol–water partition coefficient (Wildman–Crippen LogP) is 3.83. The molecule has 0 aliphatic rings. The highest BCUT2D eigenvalue weighted by molar-refractivity contribution is 7.85. The molecule has 2 N–H and O–H groups in total. The Balaban J connectivity index is 3.82. The van der Waals surface area contributed by atoms with Crippen molar-refractivity contribution in [1.82, 2.24) is 0 Å². The molecular formula is C19H40O6S. The van der Waals surface area contributed by atoms with Crippen LogP contribution in [-0.2, 0) is 19.6 Å². The van der Waals surface area contributed by atoms with Crippen molar-refractivity contribution in [3.63, 3.8) is 0 Å². The van der Waals surface area contributed by atoms with Crippen molar-refractivity contribution in [3.8, 4) is 0 Å². The Kier molecular flexibility index (Phi) is 18.0. The SMILES string of the molecule is CCCCCCCCCCCC(CCS(=O)(=O)O)COCCOCCO. The molecule has 0 saturated carbocycles. The maximum Gasteiger partial charge on any atom is 0.264 e. The summed E-state index contributed by atoms with van der Waals surface area (Å²) in [6.07, 6.45) is 12.7. The van der Waals surface area contributed by atoms with Gasteiger partial charge in [-0.25, -0.2) is 0 Å². The number of hydrogen-bond donors (Lipinski definition) is 2. The molecule has 0 fully saturated rings. The molecule has 0 radical (unpaired) electrons. The average Bonchev–Trinajstić information content (AvgIpc) is 2.59. The van der Waals surface area contributed by atoms with Crippen LogP contribution in [0.4, 0.5) is 0 Å². The Morgan fingerprint density at radius 3 is 1.96 bits per heavy atom. The van der Waals surface area contributed by atoms with Gasteiger partial charge >= 0.3 is 0 Å². The molecule has 158 valence electrons. The number of hydrogen-bond acceptors (Lipinski definition) is 5. The molecule has 0 amide bonds. The third-order valence-electron chi connectivity index (χ3n) is 4.46. The summed E-state index contributed by atoms with van der Waals surface area (Å²) in [5, 5.41) is 8.62. The second-order valence-corrected chi connectivity index (χ2v) is 8.54. The number of rotatable bonds is 20. The van der Waals surface area contributed by atoms with E-state index in [4.69, 9.17) is 19.1 Å². The Bertz CT molecular complexity index is 385. The number of ether oxygens (including phenoxy) is 2. The highest BCUT2D eigenvalue weighted by Gasteiger charge is 2.14. The molecule has 1 atom stereocenters. The molecular weight excluding hydrogens is 356 g/mol. The fraction of sp³-hybridized carbons (Fsp3) is 1.00. The largest absolute Gasteiger partial charge is 0.394 e. The van der Waals surface area contributed by atoms with Gasteiger partial charge in [-0.2, -0.15) is 8.42 Å². The minimum absolute atomic E-state index is 0.00438. The van der Waals surface area contributed by atoms with Crippen LogP contribution in [0.5, 0.6) is 0 Å². The van der Waals surface area contributed by atoms with Gasteiger partial charge in [-0.05, 0) is 18.8 Å². The van der Waals surface area contributed by atoms with Crippen molar-refractivity contribution in [3.05, 3.63) is 0 Å². The van der Waals surface area contributed by atoms with Gasteiger partial charge in [0.2, 0.25) is 0 Å².